The molecule has 0 bridgehead atoms. The third kappa shape index (κ3) is 5.14. The van der Waals surface area contributed by atoms with Crippen molar-refractivity contribution in [1.29, 1.82) is 0 Å². The summed E-state index contributed by atoms with van der Waals surface area (Å²) in [4.78, 5) is 15.7. The number of anilines is 1. The van der Waals surface area contributed by atoms with Crippen LogP contribution >= 0.6 is 0 Å². The molecule has 1 aromatic rings. The Balaban J connectivity index is 2.44. The summed E-state index contributed by atoms with van der Waals surface area (Å²) in [6, 6.07) is 3.41. The van der Waals surface area contributed by atoms with E-state index in [1.807, 2.05) is 13.8 Å². The van der Waals surface area contributed by atoms with Crippen molar-refractivity contribution in [3.63, 3.8) is 0 Å². The number of nitrogens with one attached hydrogen (secondary N) is 1. The van der Waals surface area contributed by atoms with Crippen molar-refractivity contribution in [2.24, 2.45) is 5.73 Å². The van der Waals surface area contributed by atoms with Crippen LogP contribution in [0.15, 0.2) is 18.3 Å². The van der Waals surface area contributed by atoms with Crippen LogP contribution in [0.5, 0.6) is 5.88 Å². The zero-order valence-corrected chi connectivity index (χ0v) is 11.0. The summed E-state index contributed by atoms with van der Waals surface area (Å²) in [6.45, 7) is 4.52. The Morgan fingerprint density at radius 1 is 1.50 bits per heavy atom. The summed E-state index contributed by atoms with van der Waals surface area (Å²) < 4.78 is 5.22. The average Bonchev–Trinajstić information content (AvgIpc) is 2.32. The smallest absolute Gasteiger partial charge is 0.225 e. The van der Waals surface area contributed by atoms with Gasteiger partial charge in [0.1, 0.15) is 0 Å². The second-order valence-corrected chi connectivity index (χ2v) is 4.12. The van der Waals surface area contributed by atoms with Crippen molar-refractivity contribution < 1.29 is 9.53 Å². The van der Waals surface area contributed by atoms with E-state index in [-0.39, 0.29) is 11.9 Å². The lowest BCUT2D eigenvalue weighted by Crippen LogP contribution is -2.26. The fraction of sp³-hybridized carbons (Fsp3) is 0.538. The molecule has 0 aliphatic carbocycles. The highest BCUT2D eigenvalue weighted by atomic mass is 16.5. The van der Waals surface area contributed by atoms with Crippen LogP contribution in [0.2, 0.25) is 0 Å². The summed E-state index contributed by atoms with van der Waals surface area (Å²) in [7, 11) is 0. The van der Waals surface area contributed by atoms with Crippen molar-refractivity contribution in [3.8, 4) is 5.88 Å². The topological polar surface area (TPSA) is 77.2 Å². The van der Waals surface area contributed by atoms with E-state index < -0.39 is 0 Å². The van der Waals surface area contributed by atoms with Crippen LogP contribution in [-0.2, 0) is 4.79 Å². The molecule has 0 saturated carbocycles. The number of hydrogen-bond donors (Lipinski definition) is 2. The third-order valence-electron chi connectivity index (χ3n) is 2.42. The molecule has 5 nitrogen and oxygen atoms in total. The lowest BCUT2D eigenvalue weighted by atomic mass is 10.1. The molecular formula is C13H21N3O2. The number of carbonyl (C=O) groups is 1. The van der Waals surface area contributed by atoms with Crippen LogP contribution in [0.3, 0.4) is 0 Å². The SMILES string of the molecule is CCCC(N)CC(=O)Nc1ccc(OCC)nc1. The van der Waals surface area contributed by atoms with Crippen LogP contribution in [0, 0.1) is 0 Å². The van der Waals surface area contributed by atoms with Crippen LogP contribution in [0.25, 0.3) is 0 Å². The number of ether oxygens (including phenoxy) is 1. The highest BCUT2D eigenvalue weighted by molar-refractivity contribution is 5.90. The first-order valence-electron chi connectivity index (χ1n) is 6.30. The molecule has 18 heavy (non-hydrogen) atoms. The van der Waals surface area contributed by atoms with Crippen molar-refractivity contribution in [1.82, 2.24) is 4.98 Å². The van der Waals surface area contributed by atoms with Crippen LogP contribution < -0.4 is 15.8 Å². The maximum absolute atomic E-state index is 11.7. The first-order valence-corrected chi connectivity index (χ1v) is 6.30. The lowest BCUT2D eigenvalue weighted by Gasteiger charge is -2.10. The number of aromatic nitrogens is 1. The van der Waals surface area contributed by atoms with Gasteiger partial charge in [-0.2, -0.15) is 0 Å². The van der Waals surface area contributed by atoms with Gasteiger partial charge in [0.25, 0.3) is 0 Å². The molecule has 0 fully saturated rings. The third-order valence-corrected chi connectivity index (χ3v) is 2.42. The van der Waals surface area contributed by atoms with Gasteiger partial charge in [0.05, 0.1) is 18.5 Å². The first-order chi connectivity index (χ1) is 8.65. The second kappa shape index (κ2) is 7.66. The number of amides is 1. The first kappa shape index (κ1) is 14.4. The summed E-state index contributed by atoms with van der Waals surface area (Å²) in [5, 5.41) is 2.76. The minimum atomic E-state index is -0.0816. The quantitative estimate of drug-likeness (QED) is 0.776. The maximum Gasteiger partial charge on any atom is 0.225 e. The van der Waals surface area contributed by atoms with Gasteiger partial charge < -0.3 is 15.8 Å². The lowest BCUT2D eigenvalue weighted by molar-refractivity contribution is -0.116. The van der Waals surface area contributed by atoms with Gasteiger partial charge in [-0.25, -0.2) is 4.98 Å². The molecule has 1 aromatic heterocycles. The molecular weight excluding hydrogens is 230 g/mol. The normalized spacial score (nSPS) is 11.9. The molecule has 100 valence electrons. The number of nitrogens with two attached hydrogens (primary N) is 1. The minimum absolute atomic E-state index is 0.0781. The van der Waals surface area contributed by atoms with Crippen molar-refractivity contribution >= 4 is 11.6 Å². The van der Waals surface area contributed by atoms with Crippen molar-refractivity contribution in [3.05, 3.63) is 18.3 Å². The highest BCUT2D eigenvalue weighted by Gasteiger charge is 2.09. The van der Waals surface area contributed by atoms with Gasteiger partial charge in [0.15, 0.2) is 0 Å². The number of hydrogen-bond acceptors (Lipinski definition) is 4. The van der Waals surface area contributed by atoms with Gasteiger partial charge in [0, 0.05) is 18.5 Å². The maximum atomic E-state index is 11.7. The summed E-state index contributed by atoms with van der Waals surface area (Å²) in [5.74, 6) is 0.472. The molecule has 0 aliphatic heterocycles. The Hall–Kier alpha value is -1.62. The number of pyridine rings is 1. The molecule has 5 heteroatoms. The van der Waals surface area contributed by atoms with E-state index in [4.69, 9.17) is 10.5 Å². The monoisotopic (exact) mass is 251 g/mol. The zero-order valence-electron chi connectivity index (χ0n) is 11.0. The van der Waals surface area contributed by atoms with Crippen LogP contribution in [-0.4, -0.2) is 23.5 Å². The van der Waals surface area contributed by atoms with Gasteiger partial charge >= 0.3 is 0 Å². The highest BCUT2D eigenvalue weighted by Crippen LogP contribution is 2.12. The number of nitrogens with zero attached hydrogens (tertiary/aromatic N) is 1. The summed E-state index contributed by atoms with van der Waals surface area (Å²) >= 11 is 0. The van der Waals surface area contributed by atoms with Crippen LogP contribution in [0.4, 0.5) is 5.69 Å². The molecule has 0 radical (unpaired) electrons. The van der Waals surface area contributed by atoms with E-state index in [1.54, 1.807) is 18.3 Å². The summed E-state index contributed by atoms with van der Waals surface area (Å²) in [6.07, 6.45) is 3.75. The Morgan fingerprint density at radius 3 is 2.83 bits per heavy atom. The van der Waals surface area contributed by atoms with Gasteiger partial charge in [-0.15, -0.1) is 0 Å². The Morgan fingerprint density at radius 2 is 2.28 bits per heavy atom. The fourth-order valence-electron chi connectivity index (χ4n) is 1.61. The number of rotatable bonds is 7. The minimum Gasteiger partial charge on any atom is -0.478 e. The fourth-order valence-corrected chi connectivity index (χ4v) is 1.61. The van der Waals surface area contributed by atoms with Gasteiger partial charge in [-0.05, 0) is 19.4 Å². The largest absolute Gasteiger partial charge is 0.478 e. The van der Waals surface area contributed by atoms with Gasteiger partial charge in [-0.1, -0.05) is 13.3 Å². The van der Waals surface area contributed by atoms with E-state index in [1.165, 1.54) is 0 Å². The Labute approximate surface area is 108 Å². The molecule has 1 atom stereocenters. The van der Waals surface area contributed by atoms with Gasteiger partial charge in [-0.3, -0.25) is 4.79 Å². The van der Waals surface area contributed by atoms with Crippen LogP contribution in [0.1, 0.15) is 33.1 Å². The predicted octanol–water partition coefficient (Wildman–Crippen LogP) is 1.94. The van der Waals surface area contributed by atoms with E-state index >= 15 is 0 Å². The standard InChI is InChI=1S/C13H21N3O2/c1-3-5-10(14)8-12(17)16-11-6-7-13(15-9-11)18-4-2/h6-7,9-10H,3-5,8,14H2,1-2H3,(H,16,17). The molecule has 0 aromatic carbocycles. The number of carbonyl (C=O) groups excluding carboxylic acids is 1. The molecule has 1 heterocycles. The van der Waals surface area contributed by atoms with E-state index in [9.17, 15) is 4.79 Å². The summed E-state index contributed by atoms with van der Waals surface area (Å²) in [5.41, 5.74) is 6.47. The Bertz CT molecular complexity index is 365. The second-order valence-electron chi connectivity index (χ2n) is 4.12. The molecule has 3 N–H and O–H groups in total. The van der Waals surface area contributed by atoms with E-state index in [0.717, 1.165) is 12.8 Å². The van der Waals surface area contributed by atoms with Gasteiger partial charge in [0.2, 0.25) is 11.8 Å². The van der Waals surface area contributed by atoms with E-state index in [0.29, 0.717) is 24.6 Å². The van der Waals surface area contributed by atoms with Crippen molar-refractivity contribution in [2.75, 3.05) is 11.9 Å². The molecule has 1 rings (SSSR count). The predicted molar refractivity (Wildman–Crippen MR) is 71.5 cm³/mol. The molecule has 0 aliphatic rings. The van der Waals surface area contributed by atoms with Crippen molar-refractivity contribution in [2.45, 2.75) is 39.2 Å². The average molecular weight is 251 g/mol. The Kier molecular flexibility index (Phi) is 6.14. The molecule has 0 saturated heterocycles. The molecule has 1 amide bonds. The molecule has 0 spiro atoms. The van der Waals surface area contributed by atoms with E-state index in [2.05, 4.69) is 10.3 Å². The zero-order chi connectivity index (χ0) is 13.4. The molecule has 1 unspecified atom stereocenters.